The molecule has 0 saturated heterocycles. The maximum atomic E-state index is 2.26. The maximum Gasteiger partial charge on any atom is -1.00 e. The van der Waals surface area contributed by atoms with Crippen molar-refractivity contribution < 1.29 is 27.2 Å². The topological polar surface area (TPSA) is 0 Å². The Bertz CT molecular complexity index is 117. The van der Waals surface area contributed by atoms with Crippen LogP contribution in [-0.4, -0.2) is 8.71 Å². The van der Waals surface area contributed by atoms with Gasteiger partial charge in [0.15, 0.2) is 0 Å². The van der Waals surface area contributed by atoms with E-state index in [0.29, 0.717) is 2.91 Å². The summed E-state index contributed by atoms with van der Waals surface area (Å²) in [6, 6.07) is 0. The fraction of sp³-hybridized carbons (Fsp3) is 0.400. The second-order valence-electron chi connectivity index (χ2n) is 1.86. The van der Waals surface area contributed by atoms with E-state index in [9.17, 15) is 0 Å². The van der Waals surface area contributed by atoms with E-state index in [1.165, 1.54) is 8.20 Å². The van der Waals surface area contributed by atoms with Crippen LogP contribution in [0.4, 0.5) is 0 Å². The van der Waals surface area contributed by atoms with Crippen molar-refractivity contribution in [1.29, 1.82) is 0 Å². The van der Waals surface area contributed by atoms with Gasteiger partial charge in [-0.2, -0.15) is 0 Å². The molecular weight excluding hydrogens is 136 g/mol. The summed E-state index contributed by atoms with van der Waals surface area (Å²) in [5.41, 5.74) is 0. The van der Waals surface area contributed by atoms with Crippen LogP contribution in [0.25, 0.3) is 0 Å². The Morgan fingerprint density at radius 1 is 1.86 bits per heavy atom. The van der Waals surface area contributed by atoms with E-state index in [0.717, 1.165) is 0 Å². The Hall–Kier alpha value is 0.780. The van der Waals surface area contributed by atoms with Crippen molar-refractivity contribution >= 4 is 14.0 Å². The average Bonchev–Trinajstić information content (AvgIpc) is 1.84. The zero-order chi connectivity index (χ0) is 5.33. The Kier molecular flexibility index (Phi) is 1.65. The molecular formula is C5H8PSc. The summed E-state index contributed by atoms with van der Waals surface area (Å²) in [5, 5.41) is 0. The molecule has 1 rings (SSSR count). The number of hydrogen-bond acceptors (Lipinski definition) is 0. The van der Waals surface area contributed by atoms with E-state index < -0.39 is 0 Å². The third-order valence-corrected chi connectivity index (χ3v) is 2.90. The molecule has 1 aliphatic rings. The summed E-state index contributed by atoms with van der Waals surface area (Å²) in [4.78, 5) is 0. The minimum atomic E-state index is 0. The van der Waals surface area contributed by atoms with Gasteiger partial charge in [-0.1, -0.05) is 0 Å². The molecule has 0 aromatic carbocycles. The summed E-state index contributed by atoms with van der Waals surface area (Å²) in [5.74, 6) is 2.20. The zero-order valence-electron chi connectivity index (χ0n) is 6.26. The fourth-order valence-electron chi connectivity index (χ4n) is 0.485. The Morgan fingerprint density at radius 2 is 2.57 bits per heavy atom. The number of hydrogen-bond donors (Lipinski definition) is 0. The third-order valence-electron chi connectivity index (χ3n) is 0.872. The van der Waals surface area contributed by atoms with Crippen LogP contribution < -0.4 is 0 Å². The van der Waals surface area contributed by atoms with Crippen molar-refractivity contribution in [3.8, 4) is 0 Å². The van der Waals surface area contributed by atoms with Gasteiger partial charge in [-0.25, -0.2) is 0 Å². The van der Waals surface area contributed by atoms with Crippen LogP contribution in [0.3, 0.4) is 0 Å². The summed E-state index contributed by atoms with van der Waals surface area (Å²) in [6.07, 6.45) is 4.40. The van der Waals surface area contributed by atoms with Gasteiger partial charge in [-0.05, 0) is 0 Å². The summed E-state index contributed by atoms with van der Waals surface area (Å²) in [6.45, 7) is 2.26. The predicted octanol–water partition coefficient (Wildman–Crippen LogP) is 1.79. The number of rotatable bonds is 0. The standard InChI is InChI=1S/C5H6P.Sc.2H/c1-5-3-2-4-6-5;;;/h2-4H,1H3;;;/q;+2;2*-1. The Balaban J connectivity index is 0. The Morgan fingerprint density at radius 3 is 2.71 bits per heavy atom. The number of allylic oxidation sites excluding steroid dienone is 2. The van der Waals surface area contributed by atoms with Gasteiger partial charge in [0, 0.05) is 0 Å². The molecule has 0 aliphatic carbocycles. The molecule has 1 unspecified atom stereocenters. The SMILES string of the molecule is C[C]1([Sc+2])C=CC=P1.[H-].[H-]. The molecule has 0 amide bonds. The third kappa shape index (κ3) is 1.62. The van der Waals surface area contributed by atoms with Gasteiger partial charge in [0.1, 0.15) is 0 Å². The van der Waals surface area contributed by atoms with Crippen molar-refractivity contribution in [1.82, 2.24) is 0 Å². The zero-order valence-corrected chi connectivity index (χ0v) is 6.95. The molecule has 2 heteroatoms. The predicted molar refractivity (Wildman–Crippen MR) is 32.8 cm³/mol. The molecule has 36 valence electrons. The Labute approximate surface area is 63.3 Å². The molecule has 1 heterocycles. The molecule has 0 fully saturated rings. The normalized spacial score (nSPS) is 39.9. The first-order valence-electron chi connectivity index (χ1n) is 2.23. The van der Waals surface area contributed by atoms with E-state index in [2.05, 4.69) is 24.9 Å². The van der Waals surface area contributed by atoms with Crippen molar-refractivity contribution in [2.24, 2.45) is 0 Å². The van der Waals surface area contributed by atoms with Gasteiger partial charge in [-0.15, -0.1) is 0 Å². The first-order chi connectivity index (χ1) is 3.21. The van der Waals surface area contributed by atoms with Crippen LogP contribution in [0.2, 0.25) is 0 Å². The molecule has 1 aliphatic heterocycles. The molecule has 0 aromatic heterocycles. The molecule has 0 radical (unpaired) electrons. The monoisotopic (exact) mass is 144 g/mol. The van der Waals surface area contributed by atoms with E-state index >= 15 is 0 Å². The summed E-state index contributed by atoms with van der Waals surface area (Å²) < 4.78 is 0.493. The first kappa shape index (κ1) is 5.91. The van der Waals surface area contributed by atoms with Gasteiger partial charge < -0.3 is 2.85 Å². The van der Waals surface area contributed by atoms with Crippen LogP contribution >= 0.6 is 8.20 Å². The summed E-state index contributed by atoms with van der Waals surface area (Å²) >= 11 is 1.80. The van der Waals surface area contributed by atoms with Gasteiger partial charge in [-0.3, -0.25) is 0 Å². The molecule has 0 N–H and O–H groups in total. The van der Waals surface area contributed by atoms with E-state index in [1.54, 1.807) is 24.4 Å². The van der Waals surface area contributed by atoms with Gasteiger partial charge in [0.25, 0.3) is 0 Å². The van der Waals surface area contributed by atoms with Crippen LogP contribution in [0.5, 0.6) is 0 Å². The largest absolute Gasteiger partial charge is 1.00 e. The molecule has 0 aromatic rings. The molecule has 0 nitrogen and oxygen atoms in total. The van der Waals surface area contributed by atoms with Crippen molar-refractivity contribution in [3.05, 3.63) is 12.2 Å². The minimum Gasteiger partial charge on any atom is -1.00 e. The van der Waals surface area contributed by atoms with Crippen LogP contribution in [0, 0.1) is 0 Å². The first-order valence-corrected chi connectivity index (χ1v) is 4.09. The van der Waals surface area contributed by atoms with E-state index in [1.807, 2.05) is 0 Å². The van der Waals surface area contributed by atoms with E-state index in [4.69, 9.17) is 0 Å². The van der Waals surface area contributed by atoms with Crippen LogP contribution in [-0.2, 0) is 24.4 Å². The van der Waals surface area contributed by atoms with Crippen LogP contribution in [0.15, 0.2) is 12.2 Å². The average molecular weight is 144 g/mol. The molecule has 0 saturated carbocycles. The van der Waals surface area contributed by atoms with Crippen LogP contribution in [0.1, 0.15) is 9.78 Å². The van der Waals surface area contributed by atoms with Crippen molar-refractivity contribution in [3.63, 3.8) is 0 Å². The summed E-state index contributed by atoms with van der Waals surface area (Å²) in [7, 11) is 1.46. The van der Waals surface area contributed by atoms with Gasteiger partial charge in [0.2, 0.25) is 0 Å². The van der Waals surface area contributed by atoms with Gasteiger partial charge in [0.05, 0.1) is 0 Å². The fourth-order valence-corrected chi connectivity index (χ4v) is 1.73. The molecule has 0 bridgehead atoms. The van der Waals surface area contributed by atoms with Crippen molar-refractivity contribution in [2.45, 2.75) is 9.84 Å². The second kappa shape index (κ2) is 1.95. The van der Waals surface area contributed by atoms with Gasteiger partial charge >= 0.3 is 60.4 Å². The van der Waals surface area contributed by atoms with E-state index in [-0.39, 0.29) is 2.85 Å². The quantitative estimate of drug-likeness (QED) is 0.454. The smallest absolute Gasteiger partial charge is 1.00 e. The second-order valence-corrected chi connectivity index (χ2v) is 6.01. The molecule has 0 spiro atoms. The molecule has 1 atom stereocenters. The minimum absolute atomic E-state index is 0. The molecule has 7 heavy (non-hydrogen) atoms. The van der Waals surface area contributed by atoms with Crippen molar-refractivity contribution in [2.75, 3.05) is 0 Å². The maximum absolute atomic E-state index is 2.26.